The lowest BCUT2D eigenvalue weighted by Gasteiger charge is -2.40. The summed E-state index contributed by atoms with van der Waals surface area (Å²) in [5.41, 5.74) is 2.31. The number of benzene rings is 1. The van der Waals surface area contributed by atoms with Gasteiger partial charge in [0, 0.05) is 36.1 Å². The maximum atomic E-state index is 12.3. The highest BCUT2D eigenvalue weighted by atomic mass is 35.5. The second-order valence-corrected chi connectivity index (χ2v) is 10.3. The van der Waals surface area contributed by atoms with Crippen molar-refractivity contribution in [1.29, 1.82) is 0 Å². The quantitative estimate of drug-likeness (QED) is 0.436. The molecule has 1 unspecified atom stereocenters. The average molecular weight is 501 g/mol. The number of Topliss-reactive ketones (excluding diaryl/α,β-unsaturated/α-hetero) is 1. The van der Waals surface area contributed by atoms with Gasteiger partial charge in [0.2, 0.25) is 0 Å². The largest absolute Gasteiger partial charge is 0.355 e. The van der Waals surface area contributed by atoms with E-state index in [1.807, 2.05) is 13.0 Å². The Morgan fingerprint density at radius 1 is 1.09 bits per heavy atom. The molecule has 0 aliphatic carbocycles. The molecule has 5 rings (SSSR count). The molecule has 3 aromatic rings. The van der Waals surface area contributed by atoms with E-state index in [2.05, 4.69) is 19.9 Å². The van der Waals surface area contributed by atoms with E-state index in [1.165, 1.54) is 39.3 Å². The third kappa shape index (κ3) is 4.53. The Morgan fingerprint density at radius 3 is 2.50 bits per heavy atom. The number of fused-ring (bicyclic) bond motifs is 1. The van der Waals surface area contributed by atoms with Gasteiger partial charge in [0.25, 0.3) is 0 Å². The third-order valence-electron chi connectivity index (χ3n) is 7.20. The van der Waals surface area contributed by atoms with Crippen LogP contribution < -0.4 is 4.90 Å². The molecule has 0 N–H and O–H groups in total. The standard InChI is InChI=1S/C25H30Cl2N6O/c1-16(20-7-6-18(26)14-21(20)27)33-25-24(23(30-33)17(2)34)28-15-22(29-25)32-12-8-19(9-13-32)31-10-4-3-5-11-31/h6-7,14-16,19H,3-5,8-13H2,1-2H3. The van der Waals surface area contributed by atoms with E-state index in [4.69, 9.17) is 28.2 Å². The predicted octanol–water partition coefficient (Wildman–Crippen LogP) is 5.40. The van der Waals surface area contributed by atoms with Gasteiger partial charge >= 0.3 is 0 Å². The first-order chi connectivity index (χ1) is 16.4. The molecule has 2 fully saturated rings. The van der Waals surface area contributed by atoms with Crippen LogP contribution in [-0.4, -0.2) is 62.7 Å². The van der Waals surface area contributed by atoms with Gasteiger partial charge in [0.1, 0.15) is 11.3 Å². The zero-order chi connectivity index (χ0) is 23.8. The smallest absolute Gasteiger partial charge is 0.182 e. The number of hydrogen-bond acceptors (Lipinski definition) is 6. The van der Waals surface area contributed by atoms with E-state index < -0.39 is 0 Å². The Labute approximate surface area is 210 Å². The fourth-order valence-electron chi connectivity index (χ4n) is 5.27. The van der Waals surface area contributed by atoms with Crippen molar-refractivity contribution < 1.29 is 4.79 Å². The molecule has 0 spiro atoms. The first kappa shape index (κ1) is 23.5. The van der Waals surface area contributed by atoms with E-state index in [-0.39, 0.29) is 11.8 Å². The van der Waals surface area contributed by atoms with Gasteiger partial charge in [-0.3, -0.25) is 4.79 Å². The van der Waals surface area contributed by atoms with Crippen molar-refractivity contribution >= 4 is 46.0 Å². The Hall–Kier alpha value is -2.22. The Bertz CT molecular complexity index is 1200. The topological polar surface area (TPSA) is 67.2 Å². The number of nitrogens with zero attached hydrogens (tertiary/aromatic N) is 6. The molecule has 7 nitrogen and oxygen atoms in total. The lowest BCUT2D eigenvalue weighted by molar-refractivity contribution is 0.101. The highest BCUT2D eigenvalue weighted by Gasteiger charge is 2.28. The first-order valence-electron chi connectivity index (χ1n) is 12.1. The number of carbonyl (C=O) groups excluding carboxylic acids is 1. The molecule has 1 aromatic carbocycles. The van der Waals surface area contributed by atoms with Crippen molar-refractivity contribution in [2.75, 3.05) is 31.1 Å². The SMILES string of the molecule is CC(=O)c1nn(C(C)c2ccc(Cl)cc2Cl)c2nc(N3CCC(N4CCCCC4)CC3)cnc12. The van der Waals surface area contributed by atoms with Crippen LogP contribution in [0.5, 0.6) is 0 Å². The molecule has 4 heterocycles. The first-order valence-corrected chi connectivity index (χ1v) is 12.9. The Kier molecular flexibility index (Phi) is 6.78. The van der Waals surface area contributed by atoms with Crippen LogP contribution in [0.1, 0.15) is 68.0 Å². The molecule has 9 heteroatoms. The van der Waals surface area contributed by atoms with Crippen molar-refractivity contribution in [3.8, 4) is 0 Å². The molecule has 180 valence electrons. The van der Waals surface area contributed by atoms with Crippen LogP contribution in [0.25, 0.3) is 11.2 Å². The number of hydrogen-bond donors (Lipinski definition) is 0. The zero-order valence-electron chi connectivity index (χ0n) is 19.7. The normalized spacial score (nSPS) is 19.0. The second kappa shape index (κ2) is 9.80. The number of ketones is 1. The summed E-state index contributed by atoms with van der Waals surface area (Å²) in [6, 6.07) is 5.83. The number of anilines is 1. The molecule has 2 aromatic heterocycles. The van der Waals surface area contributed by atoms with E-state index in [0.29, 0.717) is 32.9 Å². The Morgan fingerprint density at radius 2 is 1.82 bits per heavy atom. The van der Waals surface area contributed by atoms with Gasteiger partial charge < -0.3 is 9.80 Å². The third-order valence-corrected chi connectivity index (χ3v) is 7.76. The van der Waals surface area contributed by atoms with Gasteiger partial charge in [-0.2, -0.15) is 5.10 Å². The van der Waals surface area contributed by atoms with E-state index in [1.54, 1.807) is 23.0 Å². The molecule has 34 heavy (non-hydrogen) atoms. The number of likely N-dealkylation sites (tertiary alicyclic amines) is 1. The average Bonchev–Trinajstić information content (AvgIpc) is 3.24. The summed E-state index contributed by atoms with van der Waals surface area (Å²) < 4.78 is 1.76. The van der Waals surface area contributed by atoms with E-state index in [9.17, 15) is 4.79 Å². The molecule has 0 saturated carbocycles. The van der Waals surface area contributed by atoms with Crippen molar-refractivity contribution in [1.82, 2.24) is 24.6 Å². The van der Waals surface area contributed by atoms with Crippen molar-refractivity contribution in [3.63, 3.8) is 0 Å². The molecule has 1 atom stereocenters. The van der Waals surface area contributed by atoms with E-state index >= 15 is 0 Å². The lowest BCUT2D eigenvalue weighted by atomic mass is 10.00. The summed E-state index contributed by atoms with van der Waals surface area (Å²) in [6.45, 7) is 7.86. The summed E-state index contributed by atoms with van der Waals surface area (Å²) in [5, 5.41) is 5.74. The van der Waals surface area contributed by atoms with Crippen molar-refractivity contribution in [2.24, 2.45) is 0 Å². The summed E-state index contributed by atoms with van der Waals surface area (Å²) in [6.07, 6.45) is 8.05. The summed E-state index contributed by atoms with van der Waals surface area (Å²) in [4.78, 5) is 26.9. The number of carbonyl (C=O) groups is 1. The van der Waals surface area contributed by atoms with Gasteiger partial charge in [-0.15, -0.1) is 0 Å². The summed E-state index contributed by atoms with van der Waals surface area (Å²) >= 11 is 12.6. The molecule has 0 radical (unpaired) electrons. The molecule has 2 aliphatic rings. The Balaban J connectivity index is 1.44. The molecule has 0 amide bonds. The summed E-state index contributed by atoms with van der Waals surface area (Å²) in [5.74, 6) is 0.692. The van der Waals surface area contributed by atoms with Crippen LogP contribution in [0.15, 0.2) is 24.4 Å². The molecular formula is C25H30Cl2N6O. The zero-order valence-corrected chi connectivity index (χ0v) is 21.2. The molecule has 2 saturated heterocycles. The van der Waals surface area contributed by atoms with Crippen LogP contribution >= 0.6 is 23.2 Å². The van der Waals surface area contributed by atoms with Gasteiger partial charge in [0.15, 0.2) is 17.1 Å². The highest BCUT2D eigenvalue weighted by Crippen LogP contribution is 2.32. The van der Waals surface area contributed by atoms with E-state index in [0.717, 1.165) is 37.3 Å². The van der Waals surface area contributed by atoms with Crippen LogP contribution in [0.2, 0.25) is 10.0 Å². The minimum Gasteiger partial charge on any atom is -0.355 e. The van der Waals surface area contributed by atoms with Crippen molar-refractivity contribution in [3.05, 3.63) is 45.7 Å². The van der Waals surface area contributed by atoms with Crippen LogP contribution in [0.4, 0.5) is 5.82 Å². The van der Waals surface area contributed by atoms with Crippen molar-refractivity contribution in [2.45, 2.75) is 58.0 Å². The molecular weight excluding hydrogens is 471 g/mol. The predicted molar refractivity (Wildman–Crippen MR) is 136 cm³/mol. The maximum absolute atomic E-state index is 12.3. The lowest BCUT2D eigenvalue weighted by Crippen LogP contribution is -2.47. The monoisotopic (exact) mass is 500 g/mol. The van der Waals surface area contributed by atoms with Gasteiger partial charge in [0.05, 0.1) is 12.2 Å². The van der Waals surface area contributed by atoms with Gasteiger partial charge in [-0.05, 0) is 63.4 Å². The fourth-order valence-corrected chi connectivity index (χ4v) is 5.84. The summed E-state index contributed by atoms with van der Waals surface area (Å²) in [7, 11) is 0. The fraction of sp³-hybridized carbons (Fsp3) is 0.520. The number of rotatable bonds is 5. The van der Waals surface area contributed by atoms with Crippen LogP contribution in [0.3, 0.4) is 0 Å². The minimum absolute atomic E-state index is 0.137. The maximum Gasteiger partial charge on any atom is 0.182 e. The van der Waals surface area contributed by atoms with Crippen LogP contribution in [0, 0.1) is 0 Å². The number of piperidine rings is 2. The number of aromatic nitrogens is 4. The number of halogens is 2. The minimum atomic E-state index is -0.241. The molecule has 0 bridgehead atoms. The molecule has 2 aliphatic heterocycles. The van der Waals surface area contributed by atoms with Crippen LogP contribution in [-0.2, 0) is 0 Å². The van der Waals surface area contributed by atoms with Gasteiger partial charge in [-0.1, -0.05) is 35.7 Å². The highest BCUT2D eigenvalue weighted by molar-refractivity contribution is 6.35. The second-order valence-electron chi connectivity index (χ2n) is 9.41. The van der Waals surface area contributed by atoms with Gasteiger partial charge in [-0.25, -0.2) is 14.6 Å².